The highest BCUT2D eigenvalue weighted by Crippen LogP contribution is 2.49. The van der Waals surface area contributed by atoms with Crippen molar-refractivity contribution in [2.75, 3.05) is 0 Å². The van der Waals surface area contributed by atoms with Gasteiger partial charge in [-0.2, -0.15) is 0 Å². The fraction of sp³-hybridized carbons (Fsp3) is 0.300. The van der Waals surface area contributed by atoms with Crippen LogP contribution in [-0.4, -0.2) is 22.2 Å². The summed E-state index contributed by atoms with van der Waals surface area (Å²) < 4.78 is 0.925. The molecule has 0 aliphatic heterocycles. The quantitative estimate of drug-likeness (QED) is 0.391. The van der Waals surface area contributed by atoms with E-state index in [-0.39, 0.29) is 10.8 Å². The van der Waals surface area contributed by atoms with E-state index in [0.29, 0.717) is 17.6 Å². The predicted molar refractivity (Wildman–Crippen MR) is 103 cm³/mol. The molecule has 0 N–H and O–H groups in total. The van der Waals surface area contributed by atoms with Gasteiger partial charge in [0.2, 0.25) is 6.04 Å². The van der Waals surface area contributed by atoms with Gasteiger partial charge in [-0.3, -0.25) is 19.9 Å². The number of rotatable bonds is 6. The van der Waals surface area contributed by atoms with Crippen molar-refractivity contribution in [2.45, 2.75) is 31.7 Å². The molecule has 5 nitrogen and oxygen atoms in total. The maximum atomic E-state index is 12.0. The molecule has 0 fully saturated rings. The summed E-state index contributed by atoms with van der Waals surface area (Å²) in [6.45, 7) is 2.01. The highest BCUT2D eigenvalue weighted by atomic mass is 79.9. The Morgan fingerprint density at radius 3 is 2.54 bits per heavy atom. The van der Waals surface area contributed by atoms with Gasteiger partial charge in [0.05, 0.1) is 11.8 Å². The summed E-state index contributed by atoms with van der Waals surface area (Å²) in [6.07, 6.45) is 5.51. The Bertz CT molecular complexity index is 834. The van der Waals surface area contributed by atoms with Crippen molar-refractivity contribution in [1.82, 2.24) is 4.98 Å². The van der Waals surface area contributed by atoms with E-state index in [1.807, 2.05) is 37.3 Å². The van der Waals surface area contributed by atoms with E-state index in [9.17, 15) is 14.9 Å². The molecule has 0 bridgehead atoms. The number of hydrogen-bond donors (Lipinski definition) is 0. The van der Waals surface area contributed by atoms with Gasteiger partial charge >= 0.3 is 0 Å². The van der Waals surface area contributed by atoms with Gasteiger partial charge in [0.25, 0.3) is 0 Å². The van der Waals surface area contributed by atoms with E-state index < -0.39 is 12.0 Å². The van der Waals surface area contributed by atoms with Gasteiger partial charge in [0.15, 0.2) is 0 Å². The molecule has 134 valence electrons. The summed E-state index contributed by atoms with van der Waals surface area (Å²) >= 11 is 3.41. The minimum absolute atomic E-state index is 0.229. The van der Waals surface area contributed by atoms with Crippen molar-refractivity contribution >= 4 is 27.8 Å². The Morgan fingerprint density at radius 2 is 2.00 bits per heavy atom. The Labute approximate surface area is 160 Å². The third-order valence-corrected chi connectivity index (χ3v) is 5.47. The van der Waals surface area contributed by atoms with E-state index in [1.54, 1.807) is 18.5 Å². The normalized spacial score (nSPS) is 22.5. The topological polar surface area (TPSA) is 73.1 Å². The van der Waals surface area contributed by atoms with E-state index in [4.69, 9.17) is 0 Å². The van der Waals surface area contributed by atoms with Crippen LogP contribution < -0.4 is 0 Å². The third-order valence-electron chi connectivity index (χ3n) is 4.94. The van der Waals surface area contributed by atoms with Gasteiger partial charge < -0.3 is 0 Å². The molecule has 0 unspecified atom stereocenters. The summed E-state index contributed by atoms with van der Waals surface area (Å²) in [4.78, 5) is 27.9. The van der Waals surface area contributed by atoms with E-state index in [0.717, 1.165) is 28.3 Å². The summed E-state index contributed by atoms with van der Waals surface area (Å²) in [6, 6.07) is 10.3. The fourth-order valence-corrected chi connectivity index (χ4v) is 4.21. The van der Waals surface area contributed by atoms with Crippen LogP contribution in [0, 0.1) is 16.0 Å². The number of nitro groups is 1. The lowest BCUT2D eigenvalue weighted by Crippen LogP contribution is -2.31. The van der Waals surface area contributed by atoms with Crippen LogP contribution in [0.5, 0.6) is 0 Å². The van der Waals surface area contributed by atoms with Gasteiger partial charge in [-0.15, -0.1) is 0 Å². The van der Waals surface area contributed by atoms with E-state index in [2.05, 4.69) is 20.9 Å². The molecule has 3 atom stereocenters. The lowest BCUT2D eigenvalue weighted by atomic mass is 9.85. The monoisotopic (exact) mass is 414 g/mol. The highest BCUT2D eigenvalue weighted by Gasteiger charge is 2.50. The molecular weight excluding hydrogens is 396 g/mol. The maximum Gasteiger partial charge on any atom is 0.230 e. The van der Waals surface area contributed by atoms with Crippen LogP contribution in [0.3, 0.4) is 0 Å². The Kier molecular flexibility index (Phi) is 5.61. The van der Waals surface area contributed by atoms with Crippen molar-refractivity contribution < 1.29 is 9.72 Å². The standard InChI is InChI=1S/C20H19BrN2O3/c1-2-4-16-18(13-6-8-15(21)9-7-13)17(12-24)19(20(16)23(25)26)14-5-3-10-22-11-14/h3,5-12,16,19-20H,2,4H2,1H3/t16-,19+,20+/m0/s1. The lowest BCUT2D eigenvalue weighted by Gasteiger charge is -2.20. The fourth-order valence-electron chi connectivity index (χ4n) is 3.95. The van der Waals surface area contributed by atoms with Gasteiger partial charge in [-0.1, -0.05) is 47.5 Å². The predicted octanol–water partition coefficient (Wildman–Crippen LogP) is 4.66. The lowest BCUT2D eigenvalue weighted by molar-refractivity contribution is -0.530. The molecule has 0 amide bonds. The molecular formula is C20H19BrN2O3. The molecule has 1 aromatic heterocycles. The van der Waals surface area contributed by atoms with E-state index >= 15 is 0 Å². The number of aldehydes is 1. The first-order chi connectivity index (χ1) is 12.6. The Hall–Kier alpha value is -2.34. The molecule has 6 heteroatoms. The third kappa shape index (κ3) is 3.33. The number of carbonyl (C=O) groups excluding carboxylic acids is 1. The molecule has 1 heterocycles. The SMILES string of the molecule is CCC[C@H]1C(c2ccc(Br)cc2)=C(C=O)[C@@H](c2cccnc2)[C@@H]1[N+](=O)[O-]. The number of benzene rings is 1. The molecule has 0 saturated heterocycles. The van der Waals surface area contributed by atoms with Crippen LogP contribution in [-0.2, 0) is 4.79 Å². The summed E-state index contributed by atoms with van der Waals surface area (Å²) in [5.74, 6) is -0.882. The van der Waals surface area contributed by atoms with Crippen LogP contribution in [0.4, 0.5) is 0 Å². The average Bonchev–Trinajstić information content (AvgIpc) is 2.98. The molecule has 2 aromatic rings. The zero-order valence-electron chi connectivity index (χ0n) is 14.3. The van der Waals surface area contributed by atoms with Crippen LogP contribution in [0.25, 0.3) is 5.57 Å². The van der Waals surface area contributed by atoms with Crippen molar-refractivity contribution in [3.8, 4) is 0 Å². The Morgan fingerprint density at radius 1 is 1.27 bits per heavy atom. The molecule has 0 saturated carbocycles. The smallest absolute Gasteiger partial charge is 0.230 e. The Balaban J connectivity index is 2.22. The molecule has 26 heavy (non-hydrogen) atoms. The summed E-state index contributed by atoms with van der Waals surface area (Å²) in [5.41, 5.74) is 2.88. The van der Waals surface area contributed by atoms with Gasteiger partial charge in [0, 0.05) is 27.4 Å². The molecule has 1 aliphatic rings. The van der Waals surface area contributed by atoms with Crippen LogP contribution in [0.2, 0.25) is 0 Å². The van der Waals surface area contributed by atoms with Gasteiger partial charge in [-0.05, 0) is 41.3 Å². The molecule has 1 aromatic carbocycles. The molecule has 0 spiro atoms. The van der Waals surface area contributed by atoms with Crippen molar-refractivity contribution in [3.05, 3.63) is 80.1 Å². The first-order valence-electron chi connectivity index (χ1n) is 8.57. The minimum atomic E-state index is -0.863. The van der Waals surface area contributed by atoms with Crippen LogP contribution in [0.15, 0.2) is 58.8 Å². The molecule has 3 rings (SSSR count). The van der Waals surface area contributed by atoms with Crippen molar-refractivity contribution in [1.29, 1.82) is 0 Å². The number of aromatic nitrogens is 1. The zero-order chi connectivity index (χ0) is 18.7. The number of carbonyl (C=O) groups is 1. The van der Waals surface area contributed by atoms with Crippen molar-refractivity contribution in [3.63, 3.8) is 0 Å². The number of halogens is 1. The van der Waals surface area contributed by atoms with Crippen molar-refractivity contribution in [2.24, 2.45) is 5.92 Å². The summed E-state index contributed by atoms with van der Waals surface area (Å²) in [5, 5.41) is 12.0. The van der Waals surface area contributed by atoms with Gasteiger partial charge in [-0.25, -0.2) is 0 Å². The zero-order valence-corrected chi connectivity index (χ0v) is 15.9. The number of nitrogens with zero attached hydrogens (tertiary/aromatic N) is 2. The largest absolute Gasteiger partial charge is 0.298 e. The second kappa shape index (κ2) is 7.91. The van der Waals surface area contributed by atoms with Gasteiger partial charge in [0.1, 0.15) is 6.29 Å². The molecule has 0 radical (unpaired) electrons. The highest BCUT2D eigenvalue weighted by molar-refractivity contribution is 9.10. The summed E-state index contributed by atoms with van der Waals surface area (Å²) in [7, 11) is 0. The first-order valence-corrected chi connectivity index (χ1v) is 9.36. The average molecular weight is 415 g/mol. The minimum Gasteiger partial charge on any atom is -0.298 e. The number of hydrogen-bond acceptors (Lipinski definition) is 4. The first kappa shape index (κ1) is 18.5. The van der Waals surface area contributed by atoms with Crippen LogP contribution >= 0.6 is 15.9 Å². The number of pyridine rings is 1. The van der Waals surface area contributed by atoms with Crippen LogP contribution in [0.1, 0.15) is 36.8 Å². The second-order valence-corrected chi connectivity index (χ2v) is 7.34. The maximum absolute atomic E-state index is 12.0. The van der Waals surface area contributed by atoms with E-state index in [1.165, 1.54) is 0 Å². The second-order valence-electron chi connectivity index (χ2n) is 6.43. The molecule has 1 aliphatic carbocycles.